The van der Waals surface area contributed by atoms with E-state index in [2.05, 4.69) is 49.1 Å². The Morgan fingerprint density at radius 1 is 1.19 bits per heavy atom. The van der Waals surface area contributed by atoms with E-state index in [0.29, 0.717) is 6.42 Å². The summed E-state index contributed by atoms with van der Waals surface area (Å²) in [5.41, 5.74) is 1.91. The normalized spacial score (nSPS) is 12.4. The summed E-state index contributed by atoms with van der Waals surface area (Å²) in [6.45, 7) is 3.02. The number of nitrogens with zero attached hydrogens (tertiary/aromatic N) is 1. The highest BCUT2D eigenvalue weighted by molar-refractivity contribution is 9.10. The molecule has 1 N–H and O–H groups in total. The van der Waals surface area contributed by atoms with Gasteiger partial charge in [0.1, 0.15) is 5.82 Å². The molecule has 1 heterocycles. The van der Waals surface area contributed by atoms with Crippen molar-refractivity contribution in [3.63, 3.8) is 0 Å². The fraction of sp³-hybridized carbons (Fsp3) is 0.312. The SMILES string of the molecule is CCCNC(Cc1cc(F)cc(Br)c1)c1ccc(Br)cn1. The average molecular weight is 416 g/mol. The third-order valence-corrected chi connectivity index (χ3v) is 4.04. The molecule has 0 bridgehead atoms. The van der Waals surface area contributed by atoms with Crippen LogP contribution < -0.4 is 5.32 Å². The summed E-state index contributed by atoms with van der Waals surface area (Å²) in [6.07, 6.45) is 3.53. The zero-order valence-electron chi connectivity index (χ0n) is 11.7. The predicted molar refractivity (Wildman–Crippen MR) is 90.8 cm³/mol. The highest BCUT2D eigenvalue weighted by Gasteiger charge is 2.14. The van der Waals surface area contributed by atoms with Crippen molar-refractivity contribution < 1.29 is 4.39 Å². The zero-order valence-corrected chi connectivity index (χ0v) is 14.9. The number of rotatable bonds is 6. The molecule has 21 heavy (non-hydrogen) atoms. The maximum atomic E-state index is 13.5. The topological polar surface area (TPSA) is 24.9 Å². The van der Waals surface area contributed by atoms with Gasteiger partial charge in [-0.05, 0) is 71.2 Å². The van der Waals surface area contributed by atoms with Crippen molar-refractivity contribution in [2.45, 2.75) is 25.8 Å². The van der Waals surface area contributed by atoms with E-state index in [1.54, 1.807) is 12.3 Å². The standard InChI is InChI=1S/C16H17Br2FN2/c1-2-5-20-16(15-4-3-12(17)10-21-15)8-11-6-13(18)9-14(19)7-11/h3-4,6-7,9-10,16,20H,2,5,8H2,1H3. The molecule has 0 saturated heterocycles. The van der Waals surface area contributed by atoms with Crippen LogP contribution in [0.5, 0.6) is 0 Å². The molecule has 1 unspecified atom stereocenters. The van der Waals surface area contributed by atoms with Gasteiger partial charge in [0.15, 0.2) is 0 Å². The summed E-state index contributed by atoms with van der Waals surface area (Å²) < 4.78 is 15.2. The molecule has 0 aliphatic carbocycles. The number of hydrogen-bond acceptors (Lipinski definition) is 2. The van der Waals surface area contributed by atoms with Gasteiger partial charge in [0, 0.05) is 15.1 Å². The van der Waals surface area contributed by atoms with Crippen LogP contribution in [0.15, 0.2) is 45.5 Å². The molecule has 0 saturated carbocycles. The van der Waals surface area contributed by atoms with Crippen LogP contribution in [-0.4, -0.2) is 11.5 Å². The van der Waals surface area contributed by atoms with Gasteiger partial charge >= 0.3 is 0 Å². The summed E-state index contributed by atoms with van der Waals surface area (Å²) in [6, 6.07) is 9.03. The van der Waals surface area contributed by atoms with Crippen LogP contribution in [0.25, 0.3) is 0 Å². The van der Waals surface area contributed by atoms with Gasteiger partial charge in [-0.25, -0.2) is 4.39 Å². The molecule has 112 valence electrons. The summed E-state index contributed by atoms with van der Waals surface area (Å²) >= 11 is 6.73. The van der Waals surface area contributed by atoms with Crippen molar-refractivity contribution in [3.8, 4) is 0 Å². The number of benzene rings is 1. The van der Waals surface area contributed by atoms with Gasteiger partial charge in [0.25, 0.3) is 0 Å². The molecule has 2 nitrogen and oxygen atoms in total. The molecule has 0 radical (unpaired) electrons. The van der Waals surface area contributed by atoms with Crippen molar-refractivity contribution in [2.24, 2.45) is 0 Å². The molecule has 0 aliphatic heterocycles. The fourth-order valence-corrected chi connectivity index (χ4v) is 2.91. The van der Waals surface area contributed by atoms with Gasteiger partial charge in [-0.2, -0.15) is 0 Å². The smallest absolute Gasteiger partial charge is 0.124 e. The third kappa shape index (κ3) is 5.16. The third-order valence-electron chi connectivity index (χ3n) is 3.11. The Balaban J connectivity index is 2.21. The summed E-state index contributed by atoms with van der Waals surface area (Å²) in [4.78, 5) is 4.46. The molecular formula is C16H17Br2FN2. The second-order valence-electron chi connectivity index (χ2n) is 4.89. The molecule has 1 aromatic heterocycles. The second kappa shape index (κ2) is 8.01. The van der Waals surface area contributed by atoms with Gasteiger partial charge in [0.05, 0.1) is 11.7 Å². The first kappa shape index (κ1) is 16.6. The Hall–Kier alpha value is -0.780. The molecule has 2 aromatic rings. The second-order valence-corrected chi connectivity index (χ2v) is 6.72. The molecule has 0 amide bonds. The Labute approximate surface area is 141 Å². The van der Waals surface area contributed by atoms with Crippen molar-refractivity contribution in [1.29, 1.82) is 0 Å². The summed E-state index contributed by atoms with van der Waals surface area (Å²) in [7, 11) is 0. The molecule has 0 spiro atoms. The maximum Gasteiger partial charge on any atom is 0.124 e. The van der Waals surface area contributed by atoms with Crippen molar-refractivity contribution >= 4 is 31.9 Å². The Bertz CT molecular complexity index is 567. The lowest BCUT2D eigenvalue weighted by molar-refractivity contribution is 0.516. The minimum absolute atomic E-state index is 0.0757. The van der Waals surface area contributed by atoms with Crippen LogP contribution >= 0.6 is 31.9 Å². The Kier molecular flexibility index (Phi) is 6.33. The number of nitrogens with one attached hydrogen (secondary N) is 1. The minimum atomic E-state index is -0.225. The van der Waals surface area contributed by atoms with E-state index in [1.165, 1.54) is 6.07 Å². The van der Waals surface area contributed by atoms with Crippen molar-refractivity contribution in [2.75, 3.05) is 6.54 Å². The molecule has 5 heteroatoms. The van der Waals surface area contributed by atoms with Crippen LogP contribution in [0.1, 0.15) is 30.6 Å². The highest BCUT2D eigenvalue weighted by atomic mass is 79.9. The number of pyridine rings is 1. The van der Waals surface area contributed by atoms with Gasteiger partial charge in [-0.1, -0.05) is 22.9 Å². The van der Waals surface area contributed by atoms with Crippen LogP contribution in [0, 0.1) is 5.82 Å². The molecular weight excluding hydrogens is 399 g/mol. The van der Waals surface area contributed by atoms with Crippen molar-refractivity contribution in [3.05, 3.63) is 62.5 Å². The van der Waals surface area contributed by atoms with Gasteiger partial charge in [-0.15, -0.1) is 0 Å². The van der Waals surface area contributed by atoms with E-state index in [9.17, 15) is 4.39 Å². The van der Waals surface area contributed by atoms with Crippen LogP contribution in [0.4, 0.5) is 4.39 Å². The Morgan fingerprint density at radius 2 is 2.00 bits per heavy atom. The summed E-state index contributed by atoms with van der Waals surface area (Å²) in [5, 5.41) is 3.48. The maximum absolute atomic E-state index is 13.5. The van der Waals surface area contributed by atoms with E-state index in [4.69, 9.17) is 0 Å². The number of halogens is 3. The monoisotopic (exact) mass is 414 g/mol. The van der Waals surface area contributed by atoms with Crippen LogP contribution in [0.2, 0.25) is 0 Å². The van der Waals surface area contributed by atoms with E-state index in [1.807, 2.05) is 18.2 Å². The lowest BCUT2D eigenvalue weighted by Crippen LogP contribution is -2.25. The zero-order chi connectivity index (χ0) is 15.2. The number of aromatic nitrogens is 1. The first-order chi connectivity index (χ1) is 10.1. The van der Waals surface area contributed by atoms with E-state index < -0.39 is 0 Å². The Morgan fingerprint density at radius 3 is 2.62 bits per heavy atom. The quantitative estimate of drug-likeness (QED) is 0.715. The van der Waals surface area contributed by atoms with E-state index >= 15 is 0 Å². The van der Waals surface area contributed by atoms with E-state index in [0.717, 1.165) is 33.2 Å². The number of hydrogen-bond donors (Lipinski definition) is 1. The molecule has 1 aromatic carbocycles. The van der Waals surface area contributed by atoms with Gasteiger partial charge < -0.3 is 5.32 Å². The summed E-state index contributed by atoms with van der Waals surface area (Å²) in [5.74, 6) is -0.225. The van der Waals surface area contributed by atoms with E-state index in [-0.39, 0.29) is 11.9 Å². The van der Waals surface area contributed by atoms with Crippen LogP contribution in [-0.2, 0) is 6.42 Å². The van der Waals surface area contributed by atoms with Gasteiger partial charge in [0.2, 0.25) is 0 Å². The highest BCUT2D eigenvalue weighted by Crippen LogP contribution is 2.22. The minimum Gasteiger partial charge on any atom is -0.308 e. The molecule has 1 atom stereocenters. The average Bonchev–Trinajstić information content (AvgIpc) is 2.43. The lowest BCUT2D eigenvalue weighted by Gasteiger charge is -2.18. The first-order valence-electron chi connectivity index (χ1n) is 6.88. The van der Waals surface area contributed by atoms with Crippen LogP contribution in [0.3, 0.4) is 0 Å². The van der Waals surface area contributed by atoms with Gasteiger partial charge in [-0.3, -0.25) is 4.98 Å². The molecule has 2 rings (SSSR count). The first-order valence-corrected chi connectivity index (χ1v) is 8.47. The molecule has 0 aliphatic rings. The van der Waals surface area contributed by atoms with Crippen molar-refractivity contribution in [1.82, 2.24) is 10.3 Å². The fourth-order valence-electron chi connectivity index (χ4n) is 2.16. The largest absolute Gasteiger partial charge is 0.308 e. The molecule has 0 fully saturated rings. The predicted octanol–water partition coefficient (Wildman–Crippen LogP) is 5.03. The lowest BCUT2D eigenvalue weighted by atomic mass is 10.0.